The number of hydrogen-bond acceptors (Lipinski definition) is 5. The lowest BCUT2D eigenvalue weighted by Gasteiger charge is -2.11. The Kier molecular flexibility index (Phi) is 5.99. The number of halogens is 2. The number of carbonyl (C=O) groups is 1. The van der Waals surface area contributed by atoms with Crippen LogP contribution in [-0.2, 0) is 11.3 Å². The van der Waals surface area contributed by atoms with Crippen LogP contribution in [0.25, 0.3) is 11.3 Å². The molecule has 0 unspecified atom stereocenters. The Morgan fingerprint density at radius 1 is 1.27 bits per heavy atom. The first-order chi connectivity index (χ1) is 12.2. The van der Waals surface area contributed by atoms with Crippen LogP contribution in [-0.4, -0.2) is 34.6 Å². The fourth-order valence-corrected chi connectivity index (χ4v) is 1.81. The summed E-state index contributed by atoms with van der Waals surface area (Å²) in [6.45, 7) is -0.116. The van der Waals surface area contributed by atoms with Gasteiger partial charge in [-0.25, -0.2) is 23.5 Å². The molecule has 2 heterocycles. The molecule has 0 saturated heterocycles. The second-order valence-corrected chi connectivity index (χ2v) is 5.35. The average Bonchev–Trinajstić information content (AvgIpc) is 2.58. The van der Waals surface area contributed by atoms with Crippen molar-refractivity contribution in [3.8, 4) is 17.1 Å². The van der Waals surface area contributed by atoms with Crippen LogP contribution in [0, 0.1) is 0 Å². The number of ether oxygens (including phenoxy) is 2. The lowest BCUT2D eigenvalue weighted by Crippen LogP contribution is -2.24. The Balaban J connectivity index is 2.03. The zero-order valence-corrected chi connectivity index (χ0v) is 13.9. The van der Waals surface area contributed by atoms with Crippen molar-refractivity contribution in [2.24, 2.45) is 16.5 Å². The Bertz CT molecular complexity index is 787. The molecule has 0 spiro atoms. The minimum absolute atomic E-state index is 0.0811. The first-order valence-corrected chi connectivity index (χ1v) is 7.42. The molecule has 1 amide bonds. The molecular weight excluding hydrogens is 348 g/mol. The highest BCUT2D eigenvalue weighted by atomic mass is 19.3. The second kappa shape index (κ2) is 8.19. The van der Waals surface area contributed by atoms with Gasteiger partial charge in [0, 0.05) is 24.8 Å². The topological polar surface area (TPSA) is 126 Å². The van der Waals surface area contributed by atoms with Crippen molar-refractivity contribution in [2.75, 3.05) is 6.61 Å². The van der Waals surface area contributed by atoms with Gasteiger partial charge in [0.1, 0.15) is 6.61 Å². The lowest BCUT2D eigenvalue weighted by molar-refractivity contribution is -0.0242. The van der Waals surface area contributed by atoms with E-state index in [0.717, 1.165) is 6.92 Å². The molecule has 0 aromatic carbocycles. The maximum atomic E-state index is 12.8. The zero-order valence-electron chi connectivity index (χ0n) is 13.9. The minimum atomic E-state index is -2.94. The number of guanidine groups is 1. The van der Waals surface area contributed by atoms with Gasteiger partial charge in [0.15, 0.2) is 12.6 Å². The van der Waals surface area contributed by atoms with Crippen molar-refractivity contribution < 1.29 is 23.0 Å². The Morgan fingerprint density at radius 2 is 2.04 bits per heavy atom. The van der Waals surface area contributed by atoms with Crippen molar-refractivity contribution in [3.63, 3.8) is 0 Å². The smallest absolute Gasteiger partial charge is 0.437 e. The number of nitrogens with zero attached hydrogens (tertiary/aromatic N) is 3. The van der Waals surface area contributed by atoms with Gasteiger partial charge < -0.3 is 20.9 Å². The SMILES string of the molecule is CC(F)(F)COc1ccc(-c2cccc(COC(=O)N=C(N)N)n2)cn1. The Morgan fingerprint density at radius 3 is 2.65 bits per heavy atom. The Labute approximate surface area is 147 Å². The largest absolute Gasteiger partial charge is 0.471 e. The molecule has 0 radical (unpaired) electrons. The van der Waals surface area contributed by atoms with Crippen molar-refractivity contribution >= 4 is 12.1 Å². The number of hydrogen-bond donors (Lipinski definition) is 2. The summed E-state index contributed by atoms with van der Waals surface area (Å²) < 4.78 is 35.3. The molecule has 0 aliphatic heterocycles. The molecule has 0 fully saturated rings. The van der Waals surface area contributed by atoms with E-state index in [0.29, 0.717) is 17.0 Å². The van der Waals surface area contributed by atoms with Gasteiger partial charge in [-0.2, -0.15) is 0 Å². The molecule has 0 bridgehead atoms. The number of aromatic nitrogens is 2. The molecular formula is C16H17F2N5O3. The number of alkyl halides is 2. The van der Waals surface area contributed by atoms with E-state index in [4.69, 9.17) is 20.9 Å². The van der Waals surface area contributed by atoms with Gasteiger partial charge >= 0.3 is 6.09 Å². The van der Waals surface area contributed by atoms with E-state index in [9.17, 15) is 13.6 Å². The normalized spacial score (nSPS) is 10.9. The highest BCUT2D eigenvalue weighted by Gasteiger charge is 2.22. The minimum Gasteiger partial charge on any atom is -0.471 e. The van der Waals surface area contributed by atoms with Gasteiger partial charge in [-0.3, -0.25) is 0 Å². The molecule has 0 aliphatic carbocycles. The lowest BCUT2D eigenvalue weighted by atomic mass is 10.2. The molecule has 0 aliphatic rings. The van der Waals surface area contributed by atoms with Crippen molar-refractivity contribution in [3.05, 3.63) is 42.2 Å². The van der Waals surface area contributed by atoms with E-state index in [1.165, 1.54) is 12.3 Å². The summed E-state index contributed by atoms with van der Waals surface area (Å²) in [6, 6.07) is 8.19. The number of rotatable bonds is 6. The quantitative estimate of drug-likeness (QED) is 0.593. The molecule has 26 heavy (non-hydrogen) atoms. The van der Waals surface area contributed by atoms with E-state index in [2.05, 4.69) is 15.0 Å². The van der Waals surface area contributed by atoms with Gasteiger partial charge in [-0.05, 0) is 18.2 Å². The predicted octanol–water partition coefficient (Wildman–Crippen LogP) is 2.09. The van der Waals surface area contributed by atoms with Gasteiger partial charge in [0.05, 0.1) is 11.4 Å². The van der Waals surface area contributed by atoms with Crippen molar-refractivity contribution in [2.45, 2.75) is 19.5 Å². The van der Waals surface area contributed by atoms with E-state index in [1.807, 2.05) is 0 Å². The molecule has 0 atom stereocenters. The Hall–Kier alpha value is -3.30. The third-order valence-corrected chi connectivity index (χ3v) is 2.88. The first-order valence-electron chi connectivity index (χ1n) is 7.42. The summed E-state index contributed by atoms with van der Waals surface area (Å²) in [5.74, 6) is -3.25. The molecule has 10 heteroatoms. The van der Waals surface area contributed by atoms with E-state index < -0.39 is 24.6 Å². The van der Waals surface area contributed by atoms with Crippen LogP contribution in [0.5, 0.6) is 5.88 Å². The summed E-state index contributed by atoms with van der Waals surface area (Å²) in [7, 11) is 0. The summed E-state index contributed by atoms with van der Waals surface area (Å²) >= 11 is 0. The number of amides is 1. The standard InChI is InChI=1S/C16H17F2N5O3/c1-16(17,18)9-26-13-6-5-10(7-21-13)12-4-2-3-11(22-12)8-25-15(24)23-14(19)20/h2-7H,8-9H2,1H3,(H4,19,20,23,24). The number of pyridine rings is 2. The van der Waals surface area contributed by atoms with Crippen LogP contribution in [0.1, 0.15) is 12.6 Å². The van der Waals surface area contributed by atoms with Crippen molar-refractivity contribution in [1.82, 2.24) is 9.97 Å². The van der Waals surface area contributed by atoms with Gasteiger partial charge in [-0.15, -0.1) is 4.99 Å². The number of carbonyl (C=O) groups excluding carboxylic acids is 1. The van der Waals surface area contributed by atoms with Gasteiger partial charge in [0.2, 0.25) is 5.88 Å². The molecule has 138 valence electrons. The number of aliphatic imine (C=N–C) groups is 1. The third kappa shape index (κ3) is 6.30. The highest BCUT2D eigenvalue weighted by Crippen LogP contribution is 2.20. The van der Waals surface area contributed by atoms with Crippen LogP contribution < -0.4 is 16.2 Å². The number of nitrogens with two attached hydrogens (primary N) is 2. The highest BCUT2D eigenvalue weighted by molar-refractivity contribution is 5.87. The third-order valence-electron chi connectivity index (χ3n) is 2.88. The second-order valence-electron chi connectivity index (χ2n) is 5.35. The van der Waals surface area contributed by atoms with Gasteiger partial charge in [0.25, 0.3) is 5.92 Å². The fourth-order valence-electron chi connectivity index (χ4n) is 1.81. The van der Waals surface area contributed by atoms with Crippen molar-refractivity contribution in [1.29, 1.82) is 0 Å². The maximum absolute atomic E-state index is 12.8. The monoisotopic (exact) mass is 365 g/mol. The summed E-state index contributed by atoms with van der Waals surface area (Å²) in [5.41, 5.74) is 11.8. The summed E-state index contributed by atoms with van der Waals surface area (Å²) in [5, 5.41) is 0. The van der Waals surface area contributed by atoms with Crippen LogP contribution in [0.3, 0.4) is 0 Å². The molecule has 8 nitrogen and oxygen atoms in total. The molecule has 2 aromatic rings. The molecule has 2 aromatic heterocycles. The van der Waals surface area contributed by atoms with E-state index in [1.54, 1.807) is 24.3 Å². The van der Waals surface area contributed by atoms with Crippen LogP contribution in [0.4, 0.5) is 13.6 Å². The van der Waals surface area contributed by atoms with Crippen LogP contribution in [0.2, 0.25) is 0 Å². The summed E-state index contributed by atoms with van der Waals surface area (Å²) in [4.78, 5) is 22.8. The first kappa shape index (κ1) is 19.0. The van der Waals surface area contributed by atoms with Gasteiger partial charge in [-0.1, -0.05) is 6.07 Å². The maximum Gasteiger partial charge on any atom is 0.437 e. The van der Waals surface area contributed by atoms with Crippen LogP contribution >= 0.6 is 0 Å². The average molecular weight is 365 g/mol. The molecule has 4 N–H and O–H groups in total. The van der Waals surface area contributed by atoms with E-state index >= 15 is 0 Å². The summed E-state index contributed by atoms with van der Waals surface area (Å²) in [6.07, 6.45) is 0.522. The predicted molar refractivity (Wildman–Crippen MR) is 89.6 cm³/mol. The van der Waals surface area contributed by atoms with E-state index in [-0.39, 0.29) is 12.5 Å². The molecule has 0 saturated carbocycles. The molecule has 2 rings (SSSR count). The van der Waals surface area contributed by atoms with Crippen LogP contribution in [0.15, 0.2) is 41.5 Å². The zero-order chi connectivity index (χ0) is 19.2. The fraction of sp³-hybridized carbons (Fsp3) is 0.250.